The molecule has 0 unspecified atom stereocenters. The number of nitrogens with one attached hydrogen (secondary N) is 1. The van der Waals surface area contributed by atoms with E-state index in [1.807, 2.05) is 31.2 Å². The monoisotopic (exact) mass is 243 g/mol. The number of pyridine rings is 1. The zero-order valence-corrected chi connectivity index (χ0v) is 9.91. The van der Waals surface area contributed by atoms with Crippen molar-refractivity contribution in [3.8, 4) is 11.5 Å². The minimum atomic E-state index is -0.111. The fourth-order valence-corrected chi connectivity index (χ4v) is 2.56. The number of H-pyrrole nitrogens is 1. The van der Waals surface area contributed by atoms with Gasteiger partial charge in [0.15, 0.2) is 5.82 Å². The predicted octanol–water partition coefficient (Wildman–Crippen LogP) is 2.36. The second-order valence-electron chi connectivity index (χ2n) is 3.71. The van der Waals surface area contributed by atoms with Gasteiger partial charge in [-0.15, -0.1) is 11.3 Å². The molecule has 1 N–H and O–H groups in total. The van der Waals surface area contributed by atoms with Crippen LogP contribution in [0.15, 0.2) is 35.3 Å². The van der Waals surface area contributed by atoms with Crippen molar-refractivity contribution in [1.29, 1.82) is 0 Å². The summed E-state index contributed by atoms with van der Waals surface area (Å²) in [6, 6.07) is 7.38. The molecule has 3 heterocycles. The lowest BCUT2D eigenvalue weighted by Crippen LogP contribution is -2.08. The van der Waals surface area contributed by atoms with Crippen LogP contribution in [0.5, 0.6) is 0 Å². The highest BCUT2D eigenvalue weighted by Crippen LogP contribution is 2.21. The van der Waals surface area contributed by atoms with E-state index in [4.69, 9.17) is 0 Å². The molecule has 0 atom stereocenters. The average molecular weight is 243 g/mol. The topological polar surface area (TPSA) is 58.6 Å². The molecule has 84 valence electrons. The van der Waals surface area contributed by atoms with E-state index in [0.717, 1.165) is 9.71 Å². The number of nitrogens with zero attached hydrogens (tertiary/aromatic N) is 2. The van der Waals surface area contributed by atoms with Gasteiger partial charge in [-0.2, -0.15) is 0 Å². The van der Waals surface area contributed by atoms with Gasteiger partial charge in [-0.1, -0.05) is 6.07 Å². The highest BCUT2D eigenvalue weighted by molar-refractivity contribution is 7.18. The van der Waals surface area contributed by atoms with Crippen molar-refractivity contribution >= 4 is 21.6 Å². The summed E-state index contributed by atoms with van der Waals surface area (Å²) in [6.45, 7) is 1.96. The van der Waals surface area contributed by atoms with E-state index in [1.165, 1.54) is 11.3 Å². The summed E-state index contributed by atoms with van der Waals surface area (Å²) in [6.07, 6.45) is 1.68. The SMILES string of the molecule is Cc1cc2c(=O)[nH]c(-c3ccccn3)nc2s1. The van der Waals surface area contributed by atoms with Crippen LogP contribution in [0.3, 0.4) is 0 Å². The van der Waals surface area contributed by atoms with Crippen LogP contribution in [0, 0.1) is 6.92 Å². The molecule has 0 spiro atoms. The molecule has 0 saturated heterocycles. The Balaban J connectivity index is 2.29. The number of thiophene rings is 1. The molecule has 4 nitrogen and oxygen atoms in total. The third-order valence-corrected chi connectivity index (χ3v) is 3.38. The van der Waals surface area contributed by atoms with Gasteiger partial charge in [0.2, 0.25) is 0 Å². The number of hydrogen-bond donors (Lipinski definition) is 1. The number of rotatable bonds is 1. The largest absolute Gasteiger partial charge is 0.305 e. The van der Waals surface area contributed by atoms with E-state index in [9.17, 15) is 4.79 Å². The normalized spacial score (nSPS) is 10.9. The Morgan fingerprint density at radius 2 is 2.24 bits per heavy atom. The van der Waals surface area contributed by atoms with E-state index >= 15 is 0 Å². The Bertz CT molecular complexity index is 730. The fraction of sp³-hybridized carbons (Fsp3) is 0.0833. The van der Waals surface area contributed by atoms with Crippen LogP contribution >= 0.6 is 11.3 Å². The van der Waals surface area contributed by atoms with Crippen molar-refractivity contribution in [2.24, 2.45) is 0 Å². The van der Waals surface area contributed by atoms with Gasteiger partial charge in [0, 0.05) is 11.1 Å². The highest BCUT2D eigenvalue weighted by atomic mass is 32.1. The van der Waals surface area contributed by atoms with E-state index in [0.29, 0.717) is 16.9 Å². The molecule has 0 fully saturated rings. The van der Waals surface area contributed by atoms with E-state index in [-0.39, 0.29) is 5.56 Å². The molecule has 0 aromatic carbocycles. The third-order valence-electron chi connectivity index (χ3n) is 2.43. The van der Waals surface area contributed by atoms with Crippen molar-refractivity contribution in [2.75, 3.05) is 0 Å². The Hall–Kier alpha value is -2.01. The molecule has 3 rings (SSSR count). The van der Waals surface area contributed by atoms with Crippen LogP contribution in [0.1, 0.15) is 4.88 Å². The molecular weight excluding hydrogens is 234 g/mol. The van der Waals surface area contributed by atoms with Crippen molar-refractivity contribution in [1.82, 2.24) is 15.0 Å². The lowest BCUT2D eigenvalue weighted by atomic mass is 10.3. The van der Waals surface area contributed by atoms with Crippen molar-refractivity contribution in [2.45, 2.75) is 6.92 Å². The summed E-state index contributed by atoms with van der Waals surface area (Å²) in [5.41, 5.74) is 0.567. The van der Waals surface area contributed by atoms with Crippen LogP contribution in [-0.2, 0) is 0 Å². The minimum Gasteiger partial charge on any atom is -0.305 e. The fourth-order valence-electron chi connectivity index (χ4n) is 1.68. The molecule has 0 aliphatic rings. The Morgan fingerprint density at radius 1 is 1.35 bits per heavy atom. The van der Waals surface area contributed by atoms with E-state index in [1.54, 1.807) is 6.20 Å². The quantitative estimate of drug-likeness (QED) is 0.713. The summed E-state index contributed by atoms with van der Waals surface area (Å²) in [4.78, 5) is 25.1. The Morgan fingerprint density at radius 3 is 3.00 bits per heavy atom. The van der Waals surface area contributed by atoms with Gasteiger partial charge < -0.3 is 4.98 Å². The first-order valence-electron chi connectivity index (χ1n) is 5.16. The van der Waals surface area contributed by atoms with Gasteiger partial charge in [0.25, 0.3) is 5.56 Å². The number of aryl methyl sites for hydroxylation is 1. The van der Waals surface area contributed by atoms with Gasteiger partial charge >= 0.3 is 0 Å². The maximum Gasteiger partial charge on any atom is 0.259 e. The predicted molar refractivity (Wildman–Crippen MR) is 68.2 cm³/mol. The highest BCUT2D eigenvalue weighted by Gasteiger charge is 2.08. The summed E-state index contributed by atoms with van der Waals surface area (Å²) in [5.74, 6) is 0.518. The molecule has 3 aromatic rings. The van der Waals surface area contributed by atoms with Crippen molar-refractivity contribution in [3.63, 3.8) is 0 Å². The molecule has 5 heteroatoms. The van der Waals surface area contributed by atoms with Crippen molar-refractivity contribution < 1.29 is 0 Å². The van der Waals surface area contributed by atoms with E-state index in [2.05, 4.69) is 15.0 Å². The summed E-state index contributed by atoms with van der Waals surface area (Å²) in [7, 11) is 0. The first-order chi connectivity index (χ1) is 8.24. The lowest BCUT2D eigenvalue weighted by Gasteiger charge is -1.98. The molecule has 0 saturated carbocycles. The second kappa shape index (κ2) is 3.78. The van der Waals surface area contributed by atoms with E-state index < -0.39 is 0 Å². The van der Waals surface area contributed by atoms with Crippen LogP contribution in [0.2, 0.25) is 0 Å². The van der Waals surface area contributed by atoms with Crippen LogP contribution in [0.25, 0.3) is 21.7 Å². The molecular formula is C12H9N3OS. The zero-order valence-electron chi connectivity index (χ0n) is 9.10. The van der Waals surface area contributed by atoms with Crippen molar-refractivity contribution in [3.05, 3.63) is 45.7 Å². The second-order valence-corrected chi connectivity index (χ2v) is 4.94. The molecule has 0 aliphatic carbocycles. The van der Waals surface area contributed by atoms with Gasteiger partial charge in [-0.25, -0.2) is 4.98 Å². The lowest BCUT2D eigenvalue weighted by molar-refractivity contribution is 1.15. The first-order valence-corrected chi connectivity index (χ1v) is 5.97. The molecule has 17 heavy (non-hydrogen) atoms. The summed E-state index contributed by atoms with van der Waals surface area (Å²) < 4.78 is 0. The maximum atomic E-state index is 11.9. The van der Waals surface area contributed by atoms with Gasteiger partial charge in [-0.05, 0) is 25.1 Å². The van der Waals surface area contributed by atoms with Crippen LogP contribution < -0.4 is 5.56 Å². The van der Waals surface area contributed by atoms with Gasteiger partial charge in [0.1, 0.15) is 10.5 Å². The van der Waals surface area contributed by atoms with Crippen LogP contribution in [0.4, 0.5) is 0 Å². The molecule has 0 bridgehead atoms. The average Bonchev–Trinajstić information content (AvgIpc) is 2.71. The number of aromatic nitrogens is 3. The zero-order chi connectivity index (χ0) is 11.8. The Labute approximate surface area is 101 Å². The molecule has 0 radical (unpaired) electrons. The summed E-state index contributed by atoms with van der Waals surface area (Å²) >= 11 is 1.52. The standard InChI is InChI=1S/C12H9N3OS/c1-7-6-8-11(16)14-10(15-12(8)17-7)9-4-2-3-5-13-9/h2-6H,1H3,(H,14,15,16). The minimum absolute atomic E-state index is 0.111. The molecule has 0 amide bonds. The van der Waals surface area contributed by atoms with Crippen LogP contribution in [-0.4, -0.2) is 15.0 Å². The smallest absolute Gasteiger partial charge is 0.259 e. The number of fused-ring (bicyclic) bond motifs is 1. The molecule has 0 aliphatic heterocycles. The maximum absolute atomic E-state index is 11.9. The van der Waals surface area contributed by atoms with Gasteiger partial charge in [0.05, 0.1) is 5.39 Å². The number of aromatic amines is 1. The third kappa shape index (κ3) is 1.74. The summed E-state index contributed by atoms with van der Waals surface area (Å²) in [5, 5.41) is 0.646. The Kier molecular flexibility index (Phi) is 2.26. The number of hydrogen-bond acceptors (Lipinski definition) is 4. The molecule has 3 aromatic heterocycles. The first kappa shape index (κ1) is 10.2. The van der Waals surface area contributed by atoms with Gasteiger partial charge in [-0.3, -0.25) is 9.78 Å².